The quantitative estimate of drug-likeness (QED) is 0.771. The highest BCUT2D eigenvalue weighted by Crippen LogP contribution is 2.30. The summed E-state index contributed by atoms with van der Waals surface area (Å²) < 4.78 is 0. The van der Waals surface area contributed by atoms with Crippen molar-refractivity contribution in [3.8, 4) is 0 Å². The summed E-state index contributed by atoms with van der Waals surface area (Å²) in [6, 6.07) is 4.03. The molecule has 0 aromatic carbocycles. The molecule has 0 fully saturated rings. The summed E-state index contributed by atoms with van der Waals surface area (Å²) >= 11 is 1.67. The second-order valence-corrected chi connectivity index (χ2v) is 5.15. The minimum atomic E-state index is -0.756. The van der Waals surface area contributed by atoms with Gasteiger partial charge in [0.15, 0.2) is 0 Å². The lowest BCUT2D eigenvalue weighted by Crippen LogP contribution is -2.39. The molecule has 0 spiro atoms. The van der Waals surface area contributed by atoms with Crippen molar-refractivity contribution in [3.63, 3.8) is 0 Å². The molecule has 1 aromatic rings. The zero-order valence-corrected chi connectivity index (χ0v) is 10.4. The number of carboxylic acids is 1. The molecule has 1 atom stereocenters. The number of nitrogens with two attached hydrogens (primary N) is 1. The van der Waals surface area contributed by atoms with Crippen molar-refractivity contribution < 1.29 is 9.90 Å². The molecule has 1 aromatic heterocycles. The van der Waals surface area contributed by atoms with E-state index < -0.39 is 11.4 Å². The largest absolute Gasteiger partial charge is 0.481 e. The fourth-order valence-electron chi connectivity index (χ4n) is 1.93. The highest BCUT2D eigenvalue weighted by atomic mass is 32.1. The topological polar surface area (TPSA) is 63.3 Å². The molecule has 0 aliphatic carbocycles. The van der Waals surface area contributed by atoms with Gasteiger partial charge in [0.05, 0.1) is 5.41 Å². The molecule has 0 aliphatic rings. The minimum Gasteiger partial charge on any atom is -0.481 e. The molecule has 1 unspecified atom stereocenters. The summed E-state index contributed by atoms with van der Waals surface area (Å²) in [6.07, 6.45) is 2.95. The summed E-state index contributed by atoms with van der Waals surface area (Å²) in [5, 5.41) is 11.3. The molecule has 3 N–H and O–H groups in total. The maximum Gasteiger partial charge on any atom is 0.310 e. The Morgan fingerprint density at radius 1 is 1.56 bits per heavy atom. The van der Waals surface area contributed by atoms with E-state index in [9.17, 15) is 9.90 Å². The van der Waals surface area contributed by atoms with Gasteiger partial charge < -0.3 is 10.8 Å². The molecule has 90 valence electrons. The van der Waals surface area contributed by atoms with Crippen molar-refractivity contribution in [1.82, 2.24) is 0 Å². The van der Waals surface area contributed by atoms with Gasteiger partial charge in [0.2, 0.25) is 0 Å². The van der Waals surface area contributed by atoms with Crippen LogP contribution >= 0.6 is 11.3 Å². The Morgan fingerprint density at radius 3 is 2.75 bits per heavy atom. The first-order valence-electron chi connectivity index (χ1n) is 5.60. The lowest BCUT2D eigenvalue weighted by molar-refractivity contribution is -0.149. The van der Waals surface area contributed by atoms with E-state index in [4.69, 9.17) is 5.73 Å². The van der Waals surface area contributed by atoms with Crippen LogP contribution in [-0.4, -0.2) is 17.6 Å². The van der Waals surface area contributed by atoms with Gasteiger partial charge in [-0.3, -0.25) is 4.79 Å². The minimum absolute atomic E-state index is 0.224. The third kappa shape index (κ3) is 3.06. The molecule has 16 heavy (non-hydrogen) atoms. The Labute approximate surface area is 100 Å². The fourth-order valence-corrected chi connectivity index (χ4v) is 2.64. The standard InChI is InChI=1S/C12H19NO2S/c1-2-6-12(9-13,11(14)15)7-5-10-4-3-8-16-10/h3-4,8H,2,5-7,9,13H2,1H3,(H,14,15). The zero-order valence-electron chi connectivity index (χ0n) is 9.61. The van der Waals surface area contributed by atoms with Crippen LogP contribution in [0.5, 0.6) is 0 Å². The number of hydrogen-bond acceptors (Lipinski definition) is 3. The van der Waals surface area contributed by atoms with Gasteiger partial charge in [-0.1, -0.05) is 19.4 Å². The summed E-state index contributed by atoms with van der Waals surface area (Å²) in [5.41, 5.74) is 4.92. The Bertz CT molecular complexity index is 324. The summed E-state index contributed by atoms with van der Waals surface area (Å²) in [5.74, 6) is -0.756. The third-order valence-corrected chi connectivity index (χ3v) is 3.94. The molecule has 0 saturated carbocycles. The van der Waals surface area contributed by atoms with Crippen molar-refractivity contribution in [2.24, 2.45) is 11.1 Å². The highest BCUT2D eigenvalue weighted by Gasteiger charge is 2.35. The first-order valence-corrected chi connectivity index (χ1v) is 6.48. The first-order chi connectivity index (χ1) is 7.64. The average Bonchev–Trinajstić information content (AvgIpc) is 2.76. The Kier molecular flexibility index (Phi) is 4.96. The Morgan fingerprint density at radius 2 is 2.31 bits per heavy atom. The van der Waals surface area contributed by atoms with Crippen molar-refractivity contribution in [2.75, 3.05) is 6.54 Å². The van der Waals surface area contributed by atoms with Crippen LogP contribution in [0.4, 0.5) is 0 Å². The number of aryl methyl sites for hydroxylation is 1. The molecule has 4 heteroatoms. The SMILES string of the molecule is CCCC(CN)(CCc1cccs1)C(=O)O. The number of carboxylic acid groups (broad SMARTS) is 1. The highest BCUT2D eigenvalue weighted by molar-refractivity contribution is 7.09. The van der Waals surface area contributed by atoms with Crippen molar-refractivity contribution in [2.45, 2.75) is 32.6 Å². The lowest BCUT2D eigenvalue weighted by atomic mass is 9.79. The van der Waals surface area contributed by atoms with Crippen LogP contribution in [0, 0.1) is 5.41 Å². The van der Waals surface area contributed by atoms with Gasteiger partial charge in [0, 0.05) is 11.4 Å². The molecule has 1 rings (SSSR count). The van der Waals surface area contributed by atoms with E-state index in [-0.39, 0.29) is 6.54 Å². The van der Waals surface area contributed by atoms with Gasteiger partial charge in [-0.05, 0) is 30.7 Å². The van der Waals surface area contributed by atoms with Crippen LogP contribution in [-0.2, 0) is 11.2 Å². The van der Waals surface area contributed by atoms with E-state index in [2.05, 4.69) is 0 Å². The molecular formula is C12H19NO2S. The molecule has 0 radical (unpaired) electrons. The van der Waals surface area contributed by atoms with E-state index in [0.717, 1.165) is 12.8 Å². The van der Waals surface area contributed by atoms with Gasteiger partial charge >= 0.3 is 5.97 Å². The van der Waals surface area contributed by atoms with Crippen LogP contribution in [0.25, 0.3) is 0 Å². The molecular weight excluding hydrogens is 222 g/mol. The summed E-state index contributed by atoms with van der Waals surface area (Å²) in [6.45, 7) is 2.22. The lowest BCUT2D eigenvalue weighted by Gasteiger charge is -2.27. The number of carbonyl (C=O) groups is 1. The number of aliphatic carboxylic acids is 1. The number of thiophene rings is 1. The third-order valence-electron chi connectivity index (χ3n) is 3.00. The van der Waals surface area contributed by atoms with Crippen LogP contribution in [0.1, 0.15) is 31.1 Å². The second-order valence-electron chi connectivity index (χ2n) is 4.12. The number of rotatable bonds is 7. The van der Waals surface area contributed by atoms with Gasteiger partial charge in [-0.25, -0.2) is 0 Å². The first kappa shape index (κ1) is 13.2. The van der Waals surface area contributed by atoms with E-state index >= 15 is 0 Å². The zero-order chi connectivity index (χ0) is 12.0. The average molecular weight is 241 g/mol. The maximum atomic E-state index is 11.3. The van der Waals surface area contributed by atoms with Gasteiger partial charge in [0.1, 0.15) is 0 Å². The van der Waals surface area contributed by atoms with Crippen molar-refractivity contribution >= 4 is 17.3 Å². The molecule has 0 aliphatic heterocycles. The molecule has 3 nitrogen and oxygen atoms in total. The monoisotopic (exact) mass is 241 g/mol. The normalized spacial score (nSPS) is 14.6. The predicted molar refractivity (Wildman–Crippen MR) is 66.7 cm³/mol. The van der Waals surface area contributed by atoms with Crippen LogP contribution in [0.2, 0.25) is 0 Å². The summed E-state index contributed by atoms with van der Waals surface area (Å²) in [4.78, 5) is 12.6. The second kappa shape index (κ2) is 6.01. The van der Waals surface area contributed by atoms with Gasteiger partial charge in [-0.2, -0.15) is 0 Å². The van der Waals surface area contributed by atoms with Crippen LogP contribution < -0.4 is 5.73 Å². The Hall–Kier alpha value is -0.870. The van der Waals surface area contributed by atoms with Gasteiger partial charge in [0.25, 0.3) is 0 Å². The Balaban J connectivity index is 2.66. The van der Waals surface area contributed by atoms with E-state index in [1.165, 1.54) is 4.88 Å². The van der Waals surface area contributed by atoms with Crippen molar-refractivity contribution in [3.05, 3.63) is 22.4 Å². The van der Waals surface area contributed by atoms with Crippen LogP contribution in [0.15, 0.2) is 17.5 Å². The molecule has 1 heterocycles. The van der Waals surface area contributed by atoms with E-state index in [1.807, 2.05) is 24.4 Å². The predicted octanol–water partition coefficient (Wildman–Crippen LogP) is 2.51. The number of hydrogen-bond donors (Lipinski definition) is 2. The molecule has 0 saturated heterocycles. The smallest absolute Gasteiger partial charge is 0.310 e. The van der Waals surface area contributed by atoms with Gasteiger partial charge in [-0.15, -0.1) is 11.3 Å². The molecule has 0 bridgehead atoms. The van der Waals surface area contributed by atoms with Crippen molar-refractivity contribution in [1.29, 1.82) is 0 Å². The molecule has 0 amide bonds. The van der Waals surface area contributed by atoms with E-state index in [1.54, 1.807) is 11.3 Å². The maximum absolute atomic E-state index is 11.3. The van der Waals surface area contributed by atoms with E-state index in [0.29, 0.717) is 12.8 Å². The van der Waals surface area contributed by atoms with Crippen LogP contribution in [0.3, 0.4) is 0 Å². The fraction of sp³-hybridized carbons (Fsp3) is 0.583. The summed E-state index contributed by atoms with van der Waals surface area (Å²) in [7, 11) is 0.